The summed E-state index contributed by atoms with van der Waals surface area (Å²) in [5.41, 5.74) is 1.28. The smallest absolute Gasteiger partial charge is 0.115 e. The molecule has 2 nitrogen and oxygen atoms in total. The van der Waals surface area contributed by atoms with E-state index in [0.29, 0.717) is 17.8 Å². The molecule has 0 amide bonds. The van der Waals surface area contributed by atoms with Gasteiger partial charge >= 0.3 is 0 Å². The van der Waals surface area contributed by atoms with Gasteiger partial charge in [-0.05, 0) is 42.7 Å². The SMILES string of the molecule is CCC(NC1CCCSC1)c1ccc(O)cc1. The molecule has 2 atom stereocenters. The molecular formula is C14H21NOS. The average Bonchev–Trinajstić information content (AvgIpc) is 2.38. The van der Waals surface area contributed by atoms with Gasteiger partial charge in [0.15, 0.2) is 0 Å². The van der Waals surface area contributed by atoms with E-state index in [1.807, 2.05) is 12.1 Å². The molecule has 0 saturated carbocycles. The molecule has 0 spiro atoms. The maximum absolute atomic E-state index is 9.31. The van der Waals surface area contributed by atoms with E-state index >= 15 is 0 Å². The number of benzene rings is 1. The van der Waals surface area contributed by atoms with E-state index in [4.69, 9.17) is 0 Å². The van der Waals surface area contributed by atoms with Gasteiger partial charge in [0, 0.05) is 17.8 Å². The van der Waals surface area contributed by atoms with Gasteiger partial charge in [-0.3, -0.25) is 0 Å². The van der Waals surface area contributed by atoms with Gasteiger partial charge in [-0.15, -0.1) is 0 Å². The van der Waals surface area contributed by atoms with Crippen molar-refractivity contribution >= 4 is 11.8 Å². The first-order chi connectivity index (χ1) is 8.29. The summed E-state index contributed by atoms with van der Waals surface area (Å²) in [5.74, 6) is 2.89. The first-order valence-corrected chi connectivity index (χ1v) is 7.57. The Balaban J connectivity index is 1.97. The Kier molecular flexibility index (Phi) is 4.75. The van der Waals surface area contributed by atoms with Crippen molar-refractivity contribution in [2.75, 3.05) is 11.5 Å². The molecule has 0 aromatic heterocycles. The summed E-state index contributed by atoms with van der Waals surface area (Å²) in [6.45, 7) is 2.21. The Bertz CT molecular complexity index is 333. The van der Waals surface area contributed by atoms with Crippen LogP contribution in [0.5, 0.6) is 5.75 Å². The van der Waals surface area contributed by atoms with Crippen LogP contribution in [-0.2, 0) is 0 Å². The summed E-state index contributed by atoms with van der Waals surface area (Å²) in [6.07, 6.45) is 3.71. The fourth-order valence-corrected chi connectivity index (χ4v) is 3.40. The zero-order valence-electron chi connectivity index (χ0n) is 10.4. The molecular weight excluding hydrogens is 230 g/mol. The third-order valence-corrected chi connectivity index (χ3v) is 4.52. The normalized spacial score (nSPS) is 22.3. The molecule has 2 N–H and O–H groups in total. The summed E-state index contributed by atoms with van der Waals surface area (Å²) in [5, 5.41) is 13.0. The minimum Gasteiger partial charge on any atom is -0.508 e. The quantitative estimate of drug-likeness (QED) is 0.861. The van der Waals surface area contributed by atoms with Crippen molar-refractivity contribution in [3.63, 3.8) is 0 Å². The second-order valence-corrected chi connectivity index (χ2v) is 5.78. The monoisotopic (exact) mass is 251 g/mol. The van der Waals surface area contributed by atoms with Gasteiger partial charge in [-0.2, -0.15) is 11.8 Å². The number of aromatic hydroxyl groups is 1. The molecule has 1 heterocycles. The highest BCUT2D eigenvalue weighted by molar-refractivity contribution is 7.99. The Labute approximate surface area is 108 Å². The zero-order chi connectivity index (χ0) is 12.1. The van der Waals surface area contributed by atoms with E-state index in [1.54, 1.807) is 12.1 Å². The van der Waals surface area contributed by atoms with Crippen molar-refractivity contribution in [2.45, 2.75) is 38.3 Å². The molecule has 1 aromatic rings. The van der Waals surface area contributed by atoms with Gasteiger partial charge in [-0.25, -0.2) is 0 Å². The molecule has 1 aromatic carbocycles. The predicted molar refractivity (Wildman–Crippen MR) is 74.6 cm³/mol. The maximum atomic E-state index is 9.31. The molecule has 94 valence electrons. The highest BCUT2D eigenvalue weighted by atomic mass is 32.2. The molecule has 1 aliphatic rings. The van der Waals surface area contributed by atoms with Crippen molar-refractivity contribution in [3.05, 3.63) is 29.8 Å². The van der Waals surface area contributed by atoms with Crippen molar-refractivity contribution in [3.8, 4) is 5.75 Å². The second kappa shape index (κ2) is 6.31. The van der Waals surface area contributed by atoms with Gasteiger partial charge in [0.2, 0.25) is 0 Å². The van der Waals surface area contributed by atoms with Crippen LogP contribution in [0.25, 0.3) is 0 Å². The Morgan fingerprint density at radius 1 is 1.41 bits per heavy atom. The van der Waals surface area contributed by atoms with Crippen molar-refractivity contribution in [1.29, 1.82) is 0 Å². The van der Waals surface area contributed by atoms with Crippen molar-refractivity contribution < 1.29 is 5.11 Å². The lowest BCUT2D eigenvalue weighted by atomic mass is 10.0. The lowest BCUT2D eigenvalue weighted by Crippen LogP contribution is -2.36. The average molecular weight is 251 g/mol. The molecule has 1 fully saturated rings. The first-order valence-electron chi connectivity index (χ1n) is 6.42. The van der Waals surface area contributed by atoms with E-state index < -0.39 is 0 Å². The van der Waals surface area contributed by atoms with Crippen LogP contribution in [0.1, 0.15) is 37.8 Å². The molecule has 1 aliphatic heterocycles. The number of phenolic OH excluding ortho intramolecular Hbond substituents is 1. The highest BCUT2D eigenvalue weighted by Gasteiger charge is 2.18. The van der Waals surface area contributed by atoms with Gasteiger partial charge in [0.1, 0.15) is 5.75 Å². The second-order valence-electron chi connectivity index (χ2n) is 4.63. The molecule has 0 radical (unpaired) electrons. The van der Waals surface area contributed by atoms with Crippen LogP contribution in [0, 0.1) is 0 Å². The summed E-state index contributed by atoms with van der Waals surface area (Å²) in [4.78, 5) is 0. The van der Waals surface area contributed by atoms with Gasteiger partial charge < -0.3 is 10.4 Å². The third-order valence-electron chi connectivity index (χ3n) is 3.30. The number of thioether (sulfide) groups is 1. The molecule has 1 saturated heterocycles. The van der Waals surface area contributed by atoms with Crippen molar-refractivity contribution in [2.24, 2.45) is 0 Å². The summed E-state index contributed by atoms with van der Waals surface area (Å²) >= 11 is 2.05. The zero-order valence-corrected chi connectivity index (χ0v) is 11.2. The van der Waals surface area contributed by atoms with E-state index in [1.165, 1.54) is 29.9 Å². The molecule has 0 bridgehead atoms. The molecule has 0 aliphatic carbocycles. The van der Waals surface area contributed by atoms with Crippen LogP contribution >= 0.6 is 11.8 Å². The number of hydrogen-bond donors (Lipinski definition) is 2. The standard InChI is InChI=1S/C14H21NOS/c1-2-14(11-5-7-13(16)8-6-11)15-12-4-3-9-17-10-12/h5-8,12,14-16H,2-4,9-10H2,1H3. The summed E-state index contributed by atoms with van der Waals surface area (Å²) in [6, 6.07) is 8.65. The largest absolute Gasteiger partial charge is 0.508 e. The topological polar surface area (TPSA) is 32.3 Å². The fraction of sp³-hybridized carbons (Fsp3) is 0.571. The Morgan fingerprint density at radius 2 is 2.18 bits per heavy atom. The van der Waals surface area contributed by atoms with E-state index in [-0.39, 0.29) is 0 Å². The predicted octanol–water partition coefficient (Wildman–Crippen LogP) is 3.33. The first kappa shape index (κ1) is 12.8. The Morgan fingerprint density at radius 3 is 2.76 bits per heavy atom. The third kappa shape index (κ3) is 3.65. The lowest BCUT2D eigenvalue weighted by Gasteiger charge is -2.28. The maximum Gasteiger partial charge on any atom is 0.115 e. The number of hydrogen-bond acceptors (Lipinski definition) is 3. The fourth-order valence-electron chi connectivity index (χ4n) is 2.31. The van der Waals surface area contributed by atoms with Crippen LogP contribution in [0.4, 0.5) is 0 Å². The minimum absolute atomic E-state index is 0.344. The van der Waals surface area contributed by atoms with Crippen LogP contribution in [0.15, 0.2) is 24.3 Å². The van der Waals surface area contributed by atoms with Gasteiger partial charge in [-0.1, -0.05) is 19.1 Å². The summed E-state index contributed by atoms with van der Waals surface area (Å²) in [7, 11) is 0. The molecule has 17 heavy (non-hydrogen) atoms. The lowest BCUT2D eigenvalue weighted by molar-refractivity contribution is 0.424. The highest BCUT2D eigenvalue weighted by Crippen LogP contribution is 2.23. The van der Waals surface area contributed by atoms with Crippen LogP contribution < -0.4 is 5.32 Å². The van der Waals surface area contributed by atoms with Gasteiger partial charge in [0.05, 0.1) is 0 Å². The number of rotatable bonds is 4. The van der Waals surface area contributed by atoms with Crippen molar-refractivity contribution in [1.82, 2.24) is 5.32 Å². The molecule has 2 rings (SSSR count). The summed E-state index contributed by atoms with van der Waals surface area (Å²) < 4.78 is 0. The van der Waals surface area contributed by atoms with E-state index in [0.717, 1.165) is 6.42 Å². The van der Waals surface area contributed by atoms with Gasteiger partial charge in [0.25, 0.3) is 0 Å². The van der Waals surface area contributed by atoms with E-state index in [2.05, 4.69) is 24.0 Å². The van der Waals surface area contributed by atoms with Crippen LogP contribution in [0.2, 0.25) is 0 Å². The van der Waals surface area contributed by atoms with E-state index in [9.17, 15) is 5.11 Å². The Hall–Kier alpha value is -0.670. The minimum atomic E-state index is 0.344. The molecule has 3 heteroatoms. The number of phenols is 1. The van der Waals surface area contributed by atoms with Crippen LogP contribution in [-0.4, -0.2) is 22.7 Å². The molecule has 2 unspecified atom stereocenters. The van der Waals surface area contributed by atoms with Crippen LogP contribution in [0.3, 0.4) is 0 Å². The number of nitrogens with one attached hydrogen (secondary N) is 1.